The number of carbonyl (C=O) groups is 2. The third-order valence-corrected chi connectivity index (χ3v) is 3.03. The van der Waals surface area contributed by atoms with Crippen LogP contribution < -0.4 is 5.32 Å². The molecule has 0 aromatic heterocycles. The van der Waals surface area contributed by atoms with Crippen LogP contribution >= 0.6 is 0 Å². The predicted octanol–water partition coefficient (Wildman–Crippen LogP) is 0.275. The molecule has 0 aromatic rings. The Morgan fingerprint density at radius 2 is 2.31 bits per heavy atom. The Labute approximate surface area is 95.4 Å². The molecule has 1 heterocycles. The Kier molecular flexibility index (Phi) is 3.88. The monoisotopic (exact) mass is 223 g/mol. The fraction of sp³-hybridized carbons (Fsp3) is 0.727. The van der Waals surface area contributed by atoms with Crippen LogP contribution in [-0.4, -0.2) is 36.3 Å². The lowest BCUT2D eigenvalue weighted by Crippen LogP contribution is -2.43. The lowest BCUT2D eigenvalue weighted by Gasteiger charge is -2.27. The van der Waals surface area contributed by atoms with Crippen LogP contribution in [0.3, 0.4) is 0 Å². The van der Waals surface area contributed by atoms with E-state index in [1.54, 1.807) is 11.8 Å². The quantitative estimate of drug-likeness (QED) is 0.730. The summed E-state index contributed by atoms with van der Waals surface area (Å²) in [7, 11) is 0. The van der Waals surface area contributed by atoms with E-state index >= 15 is 0 Å². The summed E-state index contributed by atoms with van der Waals surface area (Å²) in [5.41, 5.74) is -0.965. The van der Waals surface area contributed by atoms with Crippen LogP contribution in [0.2, 0.25) is 0 Å². The van der Waals surface area contributed by atoms with Gasteiger partial charge in [-0.25, -0.2) is 0 Å². The van der Waals surface area contributed by atoms with Gasteiger partial charge in [-0.05, 0) is 13.3 Å². The van der Waals surface area contributed by atoms with Gasteiger partial charge >= 0.3 is 0 Å². The number of hydrogen-bond acceptors (Lipinski definition) is 3. The third kappa shape index (κ3) is 2.51. The zero-order valence-electron chi connectivity index (χ0n) is 9.75. The summed E-state index contributed by atoms with van der Waals surface area (Å²) in [6.07, 6.45) is 0.803. The standard InChI is InChI=1S/C11H17N3O2/c1-3-11(2,8-12)10(16)14-6-4-9(15)13-5-7-14/h3-7H2,1-2H3,(H,13,15). The van der Waals surface area contributed by atoms with Gasteiger partial charge in [0.25, 0.3) is 0 Å². The third-order valence-electron chi connectivity index (χ3n) is 3.03. The summed E-state index contributed by atoms with van der Waals surface area (Å²) >= 11 is 0. The predicted molar refractivity (Wildman–Crippen MR) is 58.2 cm³/mol. The second kappa shape index (κ2) is 4.97. The first-order valence-corrected chi connectivity index (χ1v) is 5.51. The molecule has 0 aromatic carbocycles. The van der Waals surface area contributed by atoms with E-state index in [2.05, 4.69) is 11.4 Å². The Morgan fingerprint density at radius 3 is 2.88 bits per heavy atom. The Bertz CT molecular complexity index is 335. The Hall–Kier alpha value is -1.57. The molecular weight excluding hydrogens is 206 g/mol. The lowest BCUT2D eigenvalue weighted by atomic mass is 9.87. The van der Waals surface area contributed by atoms with E-state index in [4.69, 9.17) is 5.26 Å². The van der Waals surface area contributed by atoms with E-state index in [0.717, 1.165) is 0 Å². The molecule has 0 radical (unpaired) electrons. The minimum atomic E-state index is -0.965. The normalized spacial score (nSPS) is 20.3. The zero-order chi connectivity index (χ0) is 12.2. The van der Waals surface area contributed by atoms with Crippen molar-refractivity contribution in [2.24, 2.45) is 5.41 Å². The van der Waals surface area contributed by atoms with E-state index in [0.29, 0.717) is 32.5 Å². The molecule has 1 aliphatic heterocycles. The summed E-state index contributed by atoms with van der Waals surface area (Å²) in [5, 5.41) is 11.7. The summed E-state index contributed by atoms with van der Waals surface area (Å²) in [4.78, 5) is 24.8. The molecule has 5 heteroatoms. The molecule has 88 valence electrons. The van der Waals surface area contributed by atoms with E-state index in [1.165, 1.54) is 0 Å². The first-order chi connectivity index (χ1) is 7.53. The second-order valence-electron chi connectivity index (χ2n) is 4.19. The van der Waals surface area contributed by atoms with Crippen molar-refractivity contribution >= 4 is 11.8 Å². The number of carbonyl (C=O) groups excluding carboxylic acids is 2. The SMILES string of the molecule is CCC(C)(C#N)C(=O)N1CCNC(=O)CC1. The summed E-state index contributed by atoms with van der Waals surface area (Å²) < 4.78 is 0. The van der Waals surface area contributed by atoms with Crippen LogP contribution in [-0.2, 0) is 9.59 Å². The van der Waals surface area contributed by atoms with Gasteiger partial charge in [-0.3, -0.25) is 9.59 Å². The van der Waals surface area contributed by atoms with Crippen molar-refractivity contribution < 1.29 is 9.59 Å². The van der Waals surface area contributed by atoms with E-state index in [1.807, 2.05) is 6.92 Å². The molecule has 16 heavy (non-hydrogen) atoms. The highest BCUT2D eigenvalue weighted by atomic mass is 16.2. The number of nitrogens with zero attached hydrogens (tertiary/aromatic N) is 2. The summed E-state index contributed by atoms with van der Waals surface area (Å²) in [6, 6.07) is 2.06. The van der Waals surface area contributed by atoms with Gasteiger partial charge in [-0.15, -0.1) is 0 Å². The van der Waals surface area contributed by atoms with Crippen molar-refractivity contribution in [2.45, 2.75) is 26.7 Å². The molecule has 1 fully saturated rings. The molecule has 1 atom stereocenters. The van der Waals surface area contributed by atoms with Crippen molar-refractivity contribution in [2.75, 3.05) is 19.6 Å². The van der Waals surface area contributed by atoms with Crippen molar-refractivity contribution in [3.8, 4) is 6.07 Å². The molecule has 1 N–H and O–H groups in total. The fourth-order valence-electron chi connectivity index (χ4n) is 1.60. The number of amides is 2. The van der Waals surface area contributed by atoms with Crippen LogP contribution in [0.4, 0.5) is 0 Å². The van der Waals surface area contributed by atoms with Gasteiger partial charge in [0.05, 0.1) is 6.07 Å². The zero-order valence-corrected chi connectivity index (χ0v) is 9.75. The molecule has 1 aliphatic rings. The van der Waals surface area contributed by atoms with Gasteiger partial charge in [0.1, 0.15) is 5.41 Å². The average molecular weight is 223 g/mol. The highest BCUT2D eigenvalue weighted by molar-refractivity contribution is 5.86. The smallest absolute Gasteiger partial charge is 0.242 e. The Morgan fingerprint density at radius 1 is 1.62 bits per heavy atom. The average Bonchev–Trinajstić information content (AvgIpc) is 2.52. The molecule has 2 amide bonds. The van der Waals surface area contributed by atoms with Crippen LogP contribution in [0.5, 0.6) is 0 Å². The van der Waals surface area contributed by atoms with Gasteiger partial charge in [0.2, 0.25) is 11.8 Å². The minimum Gasteiger partial charge on any atom is -0.354 e. The van der Waals surface area contributed by atoms with Crippen LogP contribution in [0, 0.1) is 16.7 Å². The molecule has 5 nitrogen and oxygen atoms in total. The first kappa shape index (κ1) is 12.5. The number of nitrogens with one attached hydrogen (secondary N) is 1. The molecular formula is C11H17N3O2. The minimum absolute atomic E-state index is 0.0366. The summed E-state index contributed by atoms with van der Waals surface area (Å²) in [6.45, 7) is 4.83. The lowest BCUT2D eigenvalue weighted by molar-refractivity contribution is -0.138. The molecule has 0 aliphatic carbocycles. The van der Waals surface area contributed by atoms with Gasteiger partial charge in [-0.1, -0.05) is 6.92 Å². The van der Waals surface area contributed by atoms with Gasteiger partial charge in [0, 0.05) is 26.1 Å². The molecule has 1 rings (SSSR count). The van der Waals surface area contributed by atoms with Crippen molar-refractivity contribution in [1.82, 2.24) is 10.2 Å². The molecule has 0 bridgehead atoms. The maximum Gasteiger partial charge on any atom is 0.242 e. The highest BCUT2D eigenvalue weighted by Crippen LogP contribution is 2.23. The van der Waals surface area contributed by atoms with Crippen molar-refractivity contribution in [3.05, 3.63) is 0 Å². The van der Waals surface area contributed by atoms with Crippen LogP contribution in [0.1, 0.15) is 26.7 Å². The number of hydrogen-bond donors (Lipinski definition) is 1. The molecule has 0 saturated carbocycles. The van der Waals surface area contributed by atoms with Crippen LogP contribution in [0.15, 0.2) is 0 Å². The number of nitriles is 1. The van der Waals surface area contributed by atoms with Gasteiger partial charge in [-0.2, -0.15) is 5.26 Å². The topological polar surface area (TPSA) is 73.2 Å². The van der Waals surface area contributed by atoms with Gasteiger partial charge < -0.3 is 10.2 Å². The molecule has 0 spiro atoms. The second-order valence-corrected chi connectivity index (χ2v) is 4.19. The Balaban J connectivity index is 2.74. The van der Waals surface area contributed by atoms with Crippen molar-refractivity contribution in [3.63, 3.8) is 0 Å². The van der Waals surface area contributed by atoms with E-state index in [-0.39, 0.29) is 11.8 Å². The maximum absolute atomic E-state index is 12.1. The number of rotatable bonds is 2. The van der Waals surface area contributed by atoms with E-state index in [9.17, 15) is 9.59 Å². The highest BCUT2D eigenvalue weighted by Gasteiger charge is 2.35. The first-order valence-electron chi connectivity index (χ1n) is 5.51. The van der Waals surface area contributed by atoms with Crippen LogP contribution in [0.25, 0.3) is 0 Å². The summed E-state index contributed by atoms with van der Waals surface area (Å²) in [5.74, 6) is -0.209. The van der Waals surface area contributed by atoms with Gasteiger partial charge in [0.15, 0.2) is 0 Å². The largest absolute Gasteiger partial charge is 0.354 e. The van der Waals surface area contributed by atoms with Crippen molar-refractivity contribution in [1.29, 1.82) is 5.26 Å². The van der Waals surface area contributed by atoms with E-state index < -0.39 is 5.41 Å². The fourth-order valence-corrected chi connectivity index (χ4v) is 1.60. The molecule has 1 unspecified atom stereocenters. The molecule has 1 saturated heterocycles. The maximum atomic E-state index is 12.1.